The number of rotatable bonds is 4. The lowest BCUT2D eigenvalue weighted by Crippen LogP contribution is -2.48. The monoisotopic (exact) mass is 236 g/mol. The Bertz CT molecular complexity index is 188. The summed E-state index contributed by atoms with van der Waals surface area (Å²) >= 11 is 0. The first-order chi connectivity index (χ1) is 6.25. The van der Waals surface area contributed by atoms with Gasteiger partial charge in [-0.15, -0.1) is 12.4 Å². The van der Waals surface area contributed by atoms with Gasteiger partial charge in [-0.1, -0.05) is 34.6 Å². The first kappa shape index (κ1) is 17.1. The summed E-state index contributed by atoms with van der Waals surface area (Å²) in [5, 5.41) is 2.86. The smallest absolute Gasteiger partial charge is 0.237 e. The van der Waals surface area contributed by atoms with Crippen molar-refractivity contribution in [1.82, 2.24) is 5.32 Å². The van der Waals surface area contributed by atoms with Crippen molar-refractivity contribution in [2.75, 3.05) is 6.54 Å². The summed E-state index contributed by atoms with van der Waals surface area (Å²) in [6.07, 6.45) is 1.00. The van der Waals surface area contributed by atoms with Crippen LogP contribution in [0.3, 0.4) is 0 Å². The first-order valence-electron chi connectivity index (χ1n) is 5.28. The molecule has 0 aliphatic rings. The Morgan fingerprint density at radius 2 is 1.80 bits per heavy atom. The van der Waals surface area contributed by atoms with Crippen LogP contribution in [0.1, 0.15) is 41.0 Å². The summed E-state index contributed by atoms with van der Waals surface area (Å²) < 4.78 is 0. The quantitative estimate of drug-likeness (QED) is 0.784. The van der Waals surface area contributed by atoms with Gasteiger partial charge in [0.15, 0.2) is 0 Å². The first-order valence-corrected chi connectivity index (χ1v) is 5.28. The van der Waals surface area contributed by atoms with Gasteiger partial charge in [0.1, 0.15) is 0 Å². The van der Waals surface area contributed by atoms with Crippen LogP contribution in [0.25, 0.3) is 0 Å². The van der Waals surface area contributed by atoms with Crippen LogP contribution in [0, 0.1) is 11.3 Å². The summed E-state index contributed by atoms with van der Waals surface area (Å²) in [5.74, 6) is 0.569. The molecule has 0 spiro atoms. The fraction of sp³-hybridized carbons (Fsp3) is 0.909. The van der Waals surface area contributed by atoms with Crippen molar-refractivity contribution >= 4 is 18.3 Å². The molecule has 92 valence electrons. The Balaban J connectivity index is 0. The third kappa shape index (κ3) is 7.63. The SMILES string of the molecule is CC(C)CCNC(=O)[C@@H](N)C(C)(C)C.Cl. The van der Waals surface area contributed by atoms with Crippen LogP contribution in [0.15, 0.2) is 0 Å². The van der Waals surface area contributed by atoms with Crippen LogP contribution in [0.4, 0.5) is 0 Å². The van der Waals surface area contributed by atoms with E-state index in [1.54, 1.807) is 0 Å². The van der Waals surface area contributed by atoms with Gasteiger partial charge in [0.25, 0.3) is 0 Å². The van der Waals surface area contributed by atoms with E-state index in [-0.39, 0.29) is 23.7 Å². The van der Waals surface area contributed by atoms with Gasteiger partial charge in [0.05, 0.1) is 6.04 Å². The van der Waals surface area contributed by atoms with Crippen molar-refractivity contribution in [3.05, 3.63) is 0 Å². The molecule has 0 radical (unpaired) electrons. The number of hydrogen-bond donors (Lipinski definition) is 2. The molecule has 0 aromatic rings. The van der Waals surface area contributed by atoms with E-state index in [9.17, 15) is 4.79 Å². The number of nitrogens with one attached hydrogen (secondary N) is 1. The lowest BCUT2D eigenvalue weighted by molar-refractivity contribution is -0.124. The number of nitrogens with two attached hydrogens (primary N) is 1. The molecular formula is C11H25ClN2O. The molecule has 0 bridgehead atoms. The van der Waals surface area contributed by atoms with E-state index in [0.717, 1.165) is 13.0 Å². The van der Waals surface area contributed by atoms with Crippen LogP contribution >= 0.6 is 12.4 Å². The summed E-state index contributed by atoms with van der Waals surface area (Å²) in [5.41, 5.74) is 5.63. The topological polar surface area (TPSA) is 55.1 Å². The lowest BCUT2D eigenvalue weighted by atomic mass is 9.87. The average molecular weight is 237 g/mol. The molecule has 15 heavy (non-hydrogen) atoms. The third-order valence-corrected chi connectivity index (χ3v) is 2.24. The van der Waals surface area contributed by atoms with Crippen LogP contribution in [0.5, 0.6) is 0 Å². The van der Waals surface area contributed by atoms with Crippen molar-refractivity contribution in [2.45, 2.75) is 47.1 Å². The van der Waals surface area contributed by atoms with E-state index in [1.807, 2.05) is 20.8 Å². The van der Waals surface area contributed by atoms with Crippen molar-refractivity contribution in [3.8, 4) is 0 Å². The molecule has 0 saturated carbocycles. The molecule has 1 amide bonds. The fourth-order valence-electron chi connectivity index (χ4n) is 0.987. The zero-order valence-electron chi connectivity index (χ0n) is 10.5. The second-order valence-electron chi connectivity index (χ2n) is 5.32. The summed E-state index contributed by atoms with van der Waals surface area (Å²) in [6, 6.07) is -0.422. The fourth-order valence-corrected chi connectivity index (χ4v) is 0.987. The van der Waals surface area contributed by atoms with E-state index in [2.05, 4.69) is 19.2 Å². The minimum absolute atomic E-state index is 0. The summed E-state index contributed by atoms with van der Waals surface area (Å²) in [6.45, 7) is 10.9. The number of amides is 1. The normalized spacial score (nSPS) is 13.3. The third-order valence-electron chi connectivity index (χ3n) is 2.24. The van der Waals surface area contributed by atoms with Gasteiger partial charge in [-0.05, 0) is 17.8 Å². The number of halogens is 1. The van der Waals surface area contributed by atoms with E-state index in [4.69, 9.17) is 5.73 Å². The Hall–Kier alpha value is -0.280. The standard InChI is InChI=1S/C11H24N2O.ClH/c1-8(2)6-7-13-10(14)9(12)11(3,4)5;/h8-9H,6-7,12H2,1-5H3,(H,13,14);1H/t9-;/m1./s1. The zero-order valence-corrected chi connectivity index (χ0v) is 11.3. The number of carbonyl (C=O) groups excluding carboxylic acids is 1. The molecule has 0 aromatic carbocycles. The maximum absolute atomic E-state index is 11.5. The zero-order chi connectivity index (χ0) is 11.4. The van der Waals surface area contributed by atoms with Crippen molar-refractivity contribution < 1.29 is 4.79 Å². The molecule has 0 aliphatic heterocycles. The minimum atomic E-state index is -0.422. The van der Waals surface area contributed by atoms with Crippen LogP contribution in [0.2, 0.25) is 0 Å². The maximum Gasteiger partial charge on any atom is 0.237 e. The summed E-state index contributed by atoms with van der Waals surface area (Å²) in [7, 11) is 0. The highest BCUT2D eigenvalue weighted by Crippen LogP contribution is 2.17. The second-order valence-corrected chi connectivity index (χ2v) is 5.32. The van der Waals surface area contributed by atoms with Crippen LogP contribution in [-0.4, -0.2) is 18.5 Å². The van der Waals surface area contributed by atoms with Gasteiger partial charge in [-0.2, -0.15) is 0 Å². The van der Waals surface area contributed by atoms with Crippen molar-refractivity contribution in [3.63, 3.8) is 0 Å². The largest absolute Gasteiger partial charge is 0.355 e. The highest BCUT2D eigenvalue weighted by molar-refractivity contribution is 5.85. The molecule has 3 nitrogen and oxygen atoms in total. The number of hydrogen-bond acceptors (Lipinski definition) is 2. The highest BCUT2D eigenvalue weighted by Gasteiger charge is 2.26. The highest BCUT2D eigenvalue weighted by atomic mass is 35.5. The van der Waals surface area contributed by atoms with Gasteiger partial charge in [-0.3, -0.25) is 4.79 Å². The summed E-state index contributed by atoms with van der Waals surface area (Å²) in [4.78, 5) is 11.5. The van der Waals surface area contributed by atoms with E-state index < -0.39 is 6.04 Å². The van der Waals surface area contributed by atoms with Gasteiger partial charge in [0, 0.05) is 6.54 Å². The van der Waals surface area contributed by atoms with Gasteiger partial charge in [0.2, 0.25) is 5.91 Å². The molecule has 0 saturated heterocycles. The predicted molar refractivity (Wildman–Crippen MR) is 67.1 cm³/mol. The molecule has 0 heterocycles. The molecule has 0 fully saturated rings. The Labute approximate surface area is 99.6 Å². The second kappa shape index (κ2) is 7.07. The minimum Gasteiger partial charge on any atom is -0.355 e. The predicted octanol–water partition coefficient (Wildman–Crippen LogP) is 1.94. The maximum atomic E-state index is 11.5. The van der Waals surface area contributed by atoms with E-state index >= 15 is 0 Å². The molecule has 4 heteroatoms. The Morgan fingerprint density at radius 1 is 1.33 bits per heavy atom. The molecular weight excluding hydrogens is 212 g/mol. The molecule has 0 unspecified atom stereocenters. The lowest BCUT2D eigenvalue weighted by Gasteiger charge is -2.25. The molecule has 3 N–H and O–H groups in total. The van der Waals surface area contributed by atoms with Gasteiger partial charge >= 0.3 is 0 Å². The van der Waals surface area contributed by atoms with E-state index in [1.165, 1.54) is 0 Å². The Kier molecular flexibility index (Phi) is 8.07. The molecule has 0 rings (SSSR count). The van der Waals surface area contributed by atoms with Crippen molar-refractivity contribution in [2.24, 2.45) is 17.1 Å². The van der Waals surface area contributed by atoms with Gasteiger partial charge < -0.3 is 11.1 Å². The molecule has 0 aromatic heterocycles. The van der Waals surface area contributed by atoms with Gasteiger partial charge in [-0.25, -0.2) is 0 Å². The molecule has 0 aliphatic carbocycles. The Morgan fingerprint density at radius 3 is 2.13 bits per heavy atom. The molecule has 1 atom stereocenters. The van der Waals surface area contributed by atoms with E-state index in [0.29, 0.717) is 5.92 Å². The van der Waals surface area contributed by atoms with Crippen LogP contribution < -0.4 is 11.1 Å². The number of carbonyl (C=O) groups is 1. The van der Waals surface area contributed by atoms with Crippen molar-refractivity contribution in [1.29, 1.82) is 0 Å². The van der Waals surface area contributed by atoms with Crippen LogP contribution in [-0.2, 0) is 4.79 Å². The average Bonchev–Trinajstić information content (AvgIpc) is 2.00.